The number of aliphatic hydroxyl groups is 2. The fourth-order valence-corrected chi connectivity index (χ4v) is 3.51. The molecule has 7 nitrogen and oxygen atoms in total. The van der Waals surface area contributed by atoms with Gasteiger partial charge in [0.2, 0.25) is 0 Å². The van der Waals surface area contributed by atoms with Crippen molar-refractivity contribution < 1.29 is 34.1 Å². The fourth-order valence-electron chi connectivity index (χ4n) is 3.51. The standard InChI is InChI=1S/C26H48O7/c1-2-3-4-5-6-7-8-9-10-11-12-13-14-16-23(28)17-15-20-32-25(30)18-19-26(31)33-22-24(29)21-27/h24,27,29H,2-22H2,1H3. The number of ketones is 1. The maximum atomic E-state index is 11.9. The van der Waals surface area contributed by atoms with Crippen molar-refractivity contribution in [2.24, 2.45) is 0 Å². The first-order chi connectivity index (χ1) is 16.0. The Hall–Kier alpha value is -1.47. The zero-order chi connectivity index (χ0) is 24.6. The van der Waals surface area contributed by atoms with Crippen molar-refractivity contribution in [1.29, 1.82) is 0 Å². The molecule has 0 saturated heterocycles. The summed E-state index contributed by atoms with van der Waals surface area (Å²) in [6, 6.07) is 0. The van der Waals surface area contributed by atoms with Gasteiger partial charge in [0.05, 0.1) is 26.1 Å². The van der Waals surface area contributed by atoms with E-state index in [4.69, 9.17) is 19.7 Å². The van der Waals surface area contributed by atoms with Gasteiger partial charge in [0.15, 0.2) is 0 Å². The van der Waals surface area contributed by atoms with Crippen molar-refractivity contribution in [3.05, 3.63) is 0 Å². The first kappa shape index (κ1) is 31.5. The number of hydrogen-bond acceptors (Lipinski definition) is 7. The number of rotatable bonds is 24. The SMILES string of the molecule is CCCCCCCCCCCCCCCC(=O)CCCOC(=O)CCC(=O)OCC(O)CO. The van der Waals surface area contributed by atoms with Crippen LogP contribution in [0.25, 0.3) is 0 Å². The molecule has 0 bridgehead atoms. The number of Topliss-reactive ketones (excluding diaryl/α,β-unsaturated/α-hetero) is 1. The van der Waals surface area contributed by atoms with E-state index in [1.165, 1.54) is 70.6 Å². The molecule has 33 heavy (non-hydrogen) atoms. The molecular weight excluding hydrogens is 424 g/mol. The molecule has 0 rings (SSSR count). The second-order valence-electron chi connectivity index (χ2n) is 8.87. The maximum Gasteiger partial charge on any atom is 0.306 e. The summed E-state index contributed by atoms with van der Waals surface area (Å²) in [6.07, 6.45) is 16.8. The van der Waals surface area contributed by atoms with Crippen LogP contribution in [0.4, 0.5) is 0 Å². The van der Waals surface area contributed by atoms with Gasteiger partial charge in [-0.1, -0.05) is 84.0 Å². The van der Waals surface area contributed by atoms with Crippen LogP contribution < -0.4 is 0 Å². The first-order valence-corrected chi connectivity index (χ1v) is 13.1. The molecule has 0 aliphatic rings. The van der Waals surface area contributed by atoms with Crippen molar-refractivity contribution in [2.45, 2.75) is 129 Å². The summed E-state index contributed by atoms with van der Waals surface area (Å²) < 4.78 is 9.72. The summed E-state index contributed by atoms with van der Waals surface area (Å²) in [5.41, 5.74) is 0. The Balaban J connectivity index is 3.40. The highest BCUT2D eigenvalue weighted by Crippen LogP contribution is 2.13. The topological polar surface area (TPSA) is 110 Å². The number of hydrogen-bond donors (Lipinski definition) is 2. The summed E-state index contributed by atoms with van der Waals surface area (Å²) in [7, 11) is 0. The van der Waals surface area contributed by atoms with E-state index in [1.54, 1.807) is 0 Å². The molecule has 194 valence electrons. The van der Waals surface area contributed by atoms with Crippen LogP contribution in [0.5, 0.6) is 0 Å². The average molecular weight is 473 g/mol. The van der Waals surface area contributed by atoms with E-state index >= 15 is 0 Å². The van der Waals surface area contributed by atoms with Gasteiger partial charge in [-0.15, -0.1) is 0 Å². The molecule has 1 atom stereocenters. The zero-order valence-electron chi connectivity index (χ0n) is 20.9. The fraction of sp³-hybridized carbons (Fsp3) is 0.885. The van der Waals surface area contributed by atoms with Crippen molar-refractivity contribution in [3.8, 4) is 0 Å². The molecule has 0 aromatic carbocycles. The van der Waals surface area contributed by atoms with E-state index in [0.29, 0.717) is 19.3 Å². The Morgan fingerprint density at radius 3 is 1.61 bits per heavy atom. The maximum absolute atomic E-state index is 11.9. The average Bonchev–Trinajstić information content (AvgIpc) is 2.81. The Bertz CT molecular complexity index is 493. The lowest BCUT2D eigenvalue weighted by molar-refractivity contribution is -0.152. The molecule has 0 saturated carbocycles. The van der Waals surface area contributed by atoms with Crippen LogP contribution in [-0.4, -0.2) is 53.9 Å². The van der Waals surface area contributed by atoms with Gasteiger partial charge in [0.1, 0.15) is 18.5 Å². The highest BCUT2D eigenvalue weighted by atomic mass is 16.5. The number of esters is 2. The van der Waals surface area contributed by atoms with E-state index in [9.17, 15) is 14.4 Å². The van der Waals surface area contributed by atoms with Gasteiger partial charge >= 0.3 is 11.9 Å². The number of aliphatic hydroxyl groups excluding tert-OH is 2. The summed E-state index contributed by atoms with van der Waals surface area (Å²) in [6.45, 7) is 1.63. The van der Waals surface area contributed by atoms with Crippen molar-refractivity contribution in [1.82, 2.24) is 0 Å². The van der Waals surface area contributed by atoms with Crippen LogP contribution in [0.15, 0.2) is 0 Å². The third-order valence-corrected chi connectivity index (χ3v) is 5.60. The second-order valence-corrected chi connectivity index (χ2v) is 8.87. The highest BCUT2D eigenvalue weighted by molar-refractivity contribution is 5.78. The van der Waals surface area contributed by atoms with E-state index in [0.717, 1.165) is 12.8 Å². The lowest BCUT2D eigenvalue weighted by atomic mass is 10.0. The van der Waals surface area contributed by atoms with Crippen molar-refractivity contribution in [3.63, 3.8) is 0 Å². The largest absolute Gasteiger partial charge is 0.466 e. The molecule has 0 spiro atoms. The van der Waals surface area contributed by atoms with E-state index < -0.39 is 24.6 Å². The molecule has 0 radical (unpaired) electrons. The molecule has 0 aliphatic carbocycles. The van der Waals surface area contributed by atoms with Crippen LogP contribution in [0.3, 0.4) is 0 Å². The number of carbonyl (C=O) groups is 3. The van der Waals surface area contributed by atoms with E-state index in [2.05, 4.69) is 6.92 Å². The van der Waals surface area contributed by atoms with Crippen LogP contribution in [0, 0.1) is 0 Å². The Morgan fingerprint density at radius 1 is 0.636 bits per heavy atom. The van der Waals surface area contributed by atoms with Crippen molar-refractivity contribution >= 4 is 17.7 Å². The minimum absolute atomic E-state index is 0.110. The zero-order valence-corrected chi connectivity index (χ0v) is 20.9. The monoisotopic (exact) mass is 472 g/mol. The minimum Gasteiger partial charge on any atom is -0.466 e. The van der Waals surface area contributed by atoms with Gasteiger partial charge in [-0.3, -0.25) is 14.4 Å². The molecular formula is C26H48O7. The Labute approximate surface area is 200 Å². The highest BCUT2D eigenvalue weighted by Gasteiger charge is 2.11. The molecule has 0 heterocycles. The first-order valence-electron chi connectivity index (χ1n) is 13.1. The van der Waals surface area contributed by atoms with Gasteiger partial charge < -0.3 is 19.7 Å². The van der Waals surface area contributed by atoms with Crippen LogP contribution in [0.1, 0.15) is 122 Å². The Morgan fingerprint density at radius 2 is 1.09 bits per heavy atom. The van der Waals surface area contributed by atoms with E-state index in [1.807, 2.05) is 0 Å². The predicted molar refractivity (Wildman–Crippen MR) is 129 cm³/mol. The van der Waals surface area contributed by atoms with Gasteiger partial charge in [-0.2, -0.15) is 0 Å². The summed E-state index contributed by atoms with van der Waals surface area (Å²) in [4.78, 5) is 34.9. The molecule has 7 heteroatoms. The van der Waals surface area contributed by atoms with Gasteiger partial charge in [0, 0.05) is 12.8 Å². The van der Waals surface area contributed by atoms with Crippen LogP contribution in [-0.2, 0) is 23.9 Å². The lowest BCUT2D eigenvalue weighted by Crippen LogP contribution is -2.22. The number of carbonyl (C=O) groups excluding carboxylic acids is 3. The third-order valence-electron chi connectivity index (χ3n) is 5.60. The van der Waals surface area contributed by atoms with Gasteiger partial charge in [-0.25, -0.2) is 0 Å². The normalized spacial score (nSPS) is 11.8. The lowest BCUT2D eigenvalue weighted by Gasteiger charge is -2.08. The molecule has 0 aromatic rings. The predicted octanol–water partition coefficient (Wildman–Crippen LogP) is 5.04. The molecule has 0 aromatic heterocycles. The molecule has 1 unspecified atom stereocenters. The summed E-state index contributed by atoms with van der Waals surface area (Å²) >= 11 is 0. The third kappa shape index (κ3) is 23.5. The minimum atomic E-state index is -1.11. The molecule has 2 N–H and O–H groups in total. The number of unbranched alkanes of at least 4 members (excludes halogenated alkanes) is 12. The van der Waals surface area contributed by atoms with Crippen LogP contribution in [0.2, 0.25) is 0 Å². The smallest absolute Gasteiger partial charge is 0.306 e. The van der Waals surface area contributed by atoms with E-state index in [-0.39, 0.29) is 31.8 Å². The number of ether oxygens (including phenoxy) is 2. The van der Waals surface area contributed by atoms with Crippen molar-refractivity contribution in [2.75, 3.05) is 19.8 Å². The molecule has 0 fully saturated rings. The van der Waals surface area contributed by atoms with Gasteiger partial charge in [0.25, 0.3) is 0 Å². The Kier molecular flexibility index (Phi) is 22.6. The molecule has 0 aliphatic heterocycles. The second kappa shape index (κ2) is 23.7. The van der Waals surface area contributed by atoms with Gasteiger partial charge in [-0.05, 0) is 12.8 Å². The summed E-state index contributed by atoms with van der Waals surface area (Å²) in [5.74, 6) is -0.939. The summed E-state index contributed by atoms with van der Waals surface area (Å²) in [5, 5.41) is 17.7. The van der Waals surface area contributed by atoms with Crippen LogP contribution >= 0.6 is 0 Å². The molecule has 0 amide bonds. The quantitative estimate of drug-likeness (QED) is 0.150.